The number of hydrogen-bond acceptors (Lipinski definition) is 6. The summed E-state index contributed by atoms with van der Waals surface area (Å²) in [5.74, 6) is -0.413. The first-order valence-corrected chi connectivity index (χ1v) is 6.11. The molecule has 3 fully saturated rings. The topological polar surface area (TPSA) is 131 Å². The standard InChI is InChI=1S/C10H13NO5.CH2O3/c12-8-3-6(9(13)11-8)16-7-4-15-10-5(7)1-2-14-10;2-1(3)4/h5-7,10H,1-4H2,(H,11,12,13);(H2,2,3,4)/t5-,6?,7?,10+;/m0./s1. The molecular formula is C11H15NO8. The largest absolute Gasteiger partial charge is 0.503 e. The highest BCUT2D eigenvalue weighted by molar-refractivity contribution is 6.04. The van der Waals surface area contributed by atoms with Crippen molar-refractivity contribution in [3.8, 4) is 0 Å². The van der Waals surface area contributed by atoms with Crippen LogP contribution in [0.15, 0.2) is 0 Å². The molecule has 9 nitrogen and oxygen atoms in total. The summed E-state index contributed by atoms with van der Waals surface area (Å²) in [7, 11) is 0. The maximum absolute atomic E-state index is 11.3. The SMILES string of the molecule is O=C(O)O.O=C1CC(OC2CO[C@H]3OCC[C@@H]23)C(=O)N1. The van der Waals surface area contributed by atoms with Gasteiger partial charge in [-0.25, -0.2) is 4.79 Å². The van der Waals surface area contributed by atoms with Crippen molar-refractivity contribution in [3.63, 3.8) is 0 Å². The van der Waals surface area contributed by atoms with Crippen LogP contribution in [0.1, 0.15) is 12.8 Å². The molecule has 3 aliphatic heterocycles. The molecule has 9 heteroatoms. The van der Waals surface area contributed by atoms with Crippen LogP contribution in [-0.2, 0) is 23.8 Å². The van der Waals surface area contributed by atoms with Crippen LogP contribution in [0, 0.1) is 5.92 Å². The predicted octanol–water partition coefficient (Wildman–Crippen LogP) is -0.598. The Labute approximate surface area is 113 Å². The summed E-state index contributed by atoms with van der Waals surface area (Å²) in [4.78, 5) is 30.9. The van der Waals surface area contributed by atoms with Crippen LogP contribution in [-0.4, -0.2) is 59.9 Å². The molecule has 0 bridgehead atoms. The van der Waals surface area contributed by atoms with Crippen LogP contribution in [0.3, 0.4) is 0 Å². The third-order valence-electron chi connectivity index (χ3n) is 3.25. The van der Waals surface area contributed by atoms with Crippen molar-refractivity contribution in [3.05, 3.63) is 0 Å². The molecule has 20 heavy (non-hydrogen) atoms. The minimum Gasteiger partial charge on any atom is -0.450 e. The van der Waals surface area contributed by atoms with E-state index in [1.165, 1.54) is 0 Å². The van der Waals surface area contributed by atoms with Gasteiger partial charge >= 0.3 is 6.16 Å². The third-order valence-corrected chi connectivity index (χ3v) is 3.25. The zero-order chi connectivity index (χ0) is 14.7. The summed E-state index contributed by atoms with van der Waals surface area (Å²) in [5, 5.41) is 16.2. The van der Waals surface area contributed by atoms with Gasteiger partial charge in [-0.2, -0.15) is 0 Å². The molecule has 0 saturated carbocycles. The quantitative estimate of drug-likeness (QED) is 0.574. The first kappa shape index (κ1) is 14.7. The lowest BCUT2D eigenvalue weighted by Gasteiger charge is -2.18. The number of fused-ring (bicyclic) bond motifs is 1. The average molecular weight is 289 g/mol. The smallest absolute Gasteiger partial charge is 0.450 e. The normalized spacial score (nSPS) is 35.2. The molecule has 0 spiro atoms. The van der Waals surface area contributed by atoms with E-state index in [1.54, 1.807) is 0 Å². The second kappa shape index (κ2) is 6.16. The molecule has 0 radical (unpaired) electrons. The number of carbonyl (C=O) groups is 3. The van der Waals surface area contributed by atoms with E-state index < -0.39 is 12.3 Å². The minimum absolute atomic E-state index is 0.119. The van der Waals surface area contributed by atoms with Gasteiger partial charge in [0.1, 0.15) is 6.10 Å². The number of rotatable bonds is 2. The van der Waals surface area contributed by atoms with Crippen molar-refractivity contribution < 1.29 is 38.8 Å². The Bertz CT molecular complexity index is 407. The summed E-state index contributed by atoms with van der Waals surface area (Å²) >= 11 is 0. The van der Waals surface area contributed by atoms with Gasteiger partial charge in [-0.05, 0) is 6.42 Å². The van der Waals surface area contributed by atoms with E-state index >= 15 is 0 Å². The number of hydrogen-bond donors (Lipinski definition) is 3. The van der Waals surface area contributed by atoms with Crippen molar-refractivity contribution in [2.75, 3.05) is 13.2 Å². The summed E-state index contributed by atoms with van der Waals surface area (Å²) in [6.07, 6.45) is -1.80. The molecule has 3 aliphatic rings. The van der Waals surface area contributed by atoms with Crippen molar-refractivity contribution in [2.45, 2.75) is 31.3 Å². The van der Waals surface area contributed by atoms with Crippen LogP contribution in [0.4, 0.5) is 4.79 Å². The van der Waals surface area contributed by atoms with Crippen LogP contribution in [0.5, 0.6) is 0 Å². The van der Waals surface area contributed by atoms with Crippen LogP contribution >= 0.6 is 0 Å². The Morgan fingerprint density at radius 1 is 1.30 bits per heavy atom. The highest BCUT2D eigenvalue weighted by atomic mass is 16.7. The number of imide groups is 1. The van der Waals surface area contributed by atoms with Crippen molar-refractivity contribution >= 4 is 18.0 Å². The fourth-order valence-electron chi connectivity index (χ4n) is 2.42. The number of nitrogens with one attached hydrogen (secondary N) is 1. The van der Waals surface area contributed by atoms with Gasteiger partial charge in [0.05, 0.1) is 25.7 Å². The number of carbonyl (C=O) groups excluding carboxylic acids is 2. The molecule has 0 aliphatic carbocycles. The Morgan fingerprint density at radius 3 is 2.60 bits per heavy atom. The zero-order valence-electron chi connectivity index (χ0n) is 10.5. The predicted molar refractivity (Wildman–Crippen MR) is 60.9 cm³/mol. The molecule has 4 atom stereocenters. The van der Waals surface area contributed by atoms with Gasteiger partial charge in [0.2, 0.25) is 5.91 Å². The van der Waals surface area contributed by atoms with Gasteiger partial charge in [-0.15, -0.1) is 0 Å². The number of amides is 2. The van der Waals surface area contributed by atoms with E-state index in [0.29, 0.717) is 13.2 Å². The van der Waals surface area contributed by atoms with E-state index in [0.717, 1.165) is 6.42 Å². The van der Waals surface area contributed by atoms with Crippen LogP contribution in [0.25, 0.3) is 0 Å². The summed E-state index contributed by atoms with van der Waals surface area (Å²) in [6, 6.07) is 0. The van der Waals surface area contributed by atoms with Gasteiger partial charge in [0.15, 0.2) is 6.29 Å². The van der Waals surface area contributed by atoms with E-state index in [-0.39, 0.29) is 36.5 Å². The van der Waals surface area contributed by atoms with Crippen LogP contribution in [0.2, 0.25) is 0 Å². The molecule has 3 saturated heterocycles. The van der Waals surface area contributed by atoms with E-state index in [4.69, 9.17) is 29.2 Å². The fourth-order valence-corrected chi connectivity index (χ4v) is 2.42. The second-order valence-corrected chi connectivity index (χ2v) is 4.59. The summed E-state index contributed by atoms with van der Waals surface area (Å²) in [5.41, 5.74) is 0. The highest BCUT2D eigenvalue weighted by Gasteiger charge is 2.45. The first-order valence-electron chi connectivity index (χ1n) is 6.11. The highest BCUT2D eigenvalue weighted by Crippen LogP contribution is 2.34. The Balaban J connectivity index is 0.000000328. The molecule has 0 aromatic carbocycles. The second-order valence-electron chi connectivity index (χ2n) is 4.59. The molecule has 0 aromatic rings. The molecule has 112 valence electrons. The van der Waals surface area contributed by atoms with Gasteiger partial charge < -0.3 is 24.4 Å². The van der Waals surface area contributed by atoms with Gasteiger partial charge in [0.25, 0.3) is 5.91 Å². The monoisotopic (exact) mass is 289 g/mol. The molecule has 2 unspecified atom stereocenters. The van der Waals surface area contributed by atoms with E-state index in [9.17, 15) is 9.59 Å². The fraction of sp³-hybridized carbons (Fsp3) is 0.727. The zero-order valence-corrected chi connectivity index (χ0v) is 10.5. The number of carboxylic acid groups (broad SMARTS) is 2. The van der Waals surface area contributed by atoms with Crippen molar-refractivity contribution in [1.29, 1.82) is 0 Å². The average Bonchev–Trinajstić information content (AvgIpc) is 2.97. The van der Waals surface area contributed by atoms with Crippen LogP contribution < -0.4 is 5.32 Å². The summed E-state index contributed by atoms with van der Waals surface area (Å²) < 4.78 is 16.4. The minimum atomic E-state index is -1.83. The molecule has 3 rings (SSSR count). The molecule has 3 heterocycles. The van der Waals surface area contributed by atoms with Gasteiger partial charge in [-0.3, -0.25) is 14.9 Å². The molecular weight excluding hydrogens is 274 g/mol. The third kappa shape index (κ3) is 3.44. The molecule has 0 aromatic heterocycles. The number of ether oxygens (including phenoxy) is 3. The molecule has 3 N–H and O–H groups in total. The van der Waals surface area contributed by atoms with Gasteiger partial charge in [0, 0.05) is 5.92 Å². The summed E-state index contributed by atoms with van der Waals surface area (Å²) in [6.45, 7) is 1.11. The lowest BCUT2D eigenvalue weighted by atomic mass is 10.0. The Kier molecular flexibility index (Phi) is 4.53. The van der Waals surface area contributed by atoms with Crippen molar-refractivity contribution in [1.82, 2.24) is 5.32 Å². The lowest BCUT2D eigenvalue weighted by molar-refractivity contribution is -0.133. The van der Waals surface area contributed by atoms with Gasteiger partial charge in [-0.1, -0.05) is 0 Å². The first-order chi connectivity index (χ1) is 9.47. The van der Waals surface area contributed by atoms with E-state index in [1.807, 2.05) is 0 Å². The van der Waals surface area contributed by atoms with Crippen molar-refractivity contribution in [2.24, 2.45) is 5.92 Å². The molecule has 2 amide bonds. The Morgan fingerprint density at radius 2 is 2.00 bits per heavy atom. The maximum Gasteiger partial charge on any atom is 0.503 e. The Hall–Kier alpha value is -1.71. The maximum atomic E-state index is 11.3. The lowest BCUT2D eigenvalue weighted by Crippen LogP contribution is -2.33. The van der Waals surface area contributed by atoms with E-state index in [2.05, 4.69) is 5.32 Å².